The molecule has 0 spiro atoms. The molecule has 0 aliphatic heterocycles. The first-order valence-corrected chi connectivity index (χ1v) is 7.39. The second-order valence-corrected chi connectivity index (χ2v) is 5.64. The first-order valence-electron chi connectivity index (χ1n) is 7.39. The zero-order chi connectivity index (χ0) is 16.0. The average molecular weight is 302 g/mol. The van der Waals surface area contributed by atoms with E-state index in [-0.39, 0.29) is 0 Å². The van der Waals surface area contributed by atoms with Gasteiger partial charge in [0, 0.05) is 22.2 Å². The van der Waals surface area contributed by atoms with Gasteiger partial charge < -0.3 is 4.98 Å². The highest BCUT2D eigenvalue weighted by atomic mass is 16.6. The summed E-state index contributed by atoms with van der Waals surface area (Å²) in [6.45, 7) is 1.99. The van der Waals surface area contributed by atoms with Crippen molar-refractivity contribution in [2.24, 2.45) is 0 Å². The summed E-state index contributed by atoms with van der Waals surface area (Å²) in [4.78, 5) is 13.6. The summed E-state index contributed by atoms with van der Waals surface area (Å²) in [5.41, 5.74) is 4.00. The van der Waals surface area contributed by atoms with E-state index in [4.69, 9.17) is 0 Å². The van der Waals surface area contributed by atoms with Crippen molar-refractivity contribution in [3.8, 4) is 0 Å². The van der Waals surface area contributed by atoms with Crippen LogP contribution in [0.15, 0.2) is 54.7 Å². The summed E-state index contributed by atoms with van der Waals surface area (Å²) in [6, 6.07) is 16.5. The van der Waals surface area contributed by atoms with Gasteiger partial charge in [-0.2, -0.15) is 0 Å². The Balaban J connectivity index is 2.06. The number of benzene rings is 3. The number of aromatic nitrogens is 1. The molecule has 0 aliphatic rings. The van der Waals surface area contributed by atoms with Gasteiger partial charge in [-0.05, 0) is 23.4 Å². The van der Waals surface area contributed by atoms with Crippen molar-refractivity contribution in [2.75, 3.05) is 0 Å². The molecule has 0 atom stereocenters. The molecule has 112 valence electrons. The normalized spacial score (nSPS) is 11.9. The highest BCUT2D eigenvalue weighted by Gasteiger charge is 2.10. The molecule has 4 nitrogen and oxygen atoms in total. The third-order valence-electron chi connectivity index (χ3n) is 4.35. The van der Waals surface area contributed by atoms with Crippen molar-refractivity contribution in [1.82, 2.24) is 4.98 Å². The lowest BCUT2D eigenvalue weighted by atomic mass is 10.0. The van der Waals surface area contributed by atoms with Crippen LogP contribution in [0.1, 0.15) is 11.1 Å². The van der Waals surface area contributed by atoms with Crippen molar-refractivity contribution in [3.63, 3.8) is 0 Å². The van der Waals surface area contributed by atoms with Gasteiger partial charge >= 0.3 is 0 Å². The molecule has 0 unspecified atom stereocenters. The molecule has 4 rings (SSSR count). The molecule has 1 N–H and O–H groups in total. The second kappa shape index (κ2) is 4.95. The van der Waals surface area contributed by atoms with Crippen molar-refractivity contribution < 1.29 is 4.92 Å². The fraction of sp³-hybridized carbons (Fsp3) is 0.0526. The van der Waals surface area contributed by atoms with Crippen LogP contribution in [0.5, 0.6) is 0 Å². The number of rotatable bonds is 2. The summed E-state index contributed by atoms with van der Waals surface area (Å²) in [6.07, 6.45) is 2.52. The quantitative estimate of drug-likeness (QED) is 0.417. The first kappa shape index (κ1) is 13.5. The van der Waals surface area contributed by atoms with E-state index in [9.17, 15) is 10.1 Å². The molecule has 0 amide bonds. The molecule has 0 radical (unpaired) electrons. The smallest absolute Gasteiger partial charge is 0.235 e. The molecular weight excluding hydrogens is 288 g/mol. The number of nitrogens with one attached hydrogen (secondary N) is 1. The SMILES string of the molecule is Cc1c(/C=C/[N+](=O)[O-])ccc2c1[nH]c1c3ccccc3ccc21. The predicted molar refractivity (Wildman–Crippen MR) is 94.1 cm³/mol. The van der Waals surface area contributed by atoms with Gasteiger partial charge in [0.1, 0.15) is 0 Å². The topological polar surface area (TPSA) is 58.9 Å². The number of aryl methyl sites for hydroxylation is 1. The van der Waals surface area contributed by atoms with Crippen LogP contribution in [0, 0.1) is 17.0 Å². The Labute approximate surface area is 132 Å². The Kier molecular flexibility index (Phi) is 2.91. The molecule has 1 heterocycles. The van der Waals surface area contributed by atoms with Gasteiger partial charge in [0.15, 0.2) is 0 Å². The average Bonchev–Trinajstić information content (AvgIpc) is 2.94. The highest BCUT2D eigenvalue weighted by Crippen LogP contribution is 2.33. The minimum absolute atomic E-state index is 0.442. The summed E-state index contributed by atoms with van der Waals surface area (Å²) in [7, 11) is 0. The van der Waals surface area contributed by atoms with E-state index in [2.05, 4.69) is 29.2 Å². The van der Waals surface area contributed by atoms with Gasteiger partial charge in [-0.25, -0.2) is 0 Å². The van der Waals surface area contributed by atoms with E-state index in [0.717, 1.165) is 33.7 Å². The first-order chi connectivity index (χ1) is 11.1. The van der Waals surface area contributed by atoms with Gasteiger partial charge in [0.05, 0.1) is 16.0 Å². The van der Waals surface area contributed by atoms with Crippen molar-refractivity contribution in [2.45, 2.75) is 6.92 Å². The minimum atomic E-state index is -0.442. The van der Waals surface area contributed by atoms with Gasteiger partial charge in [-0.1, -0.05) is 48.5 Å². The zero-order valence-electron chi connectivity index (χ0n) is 12.5. The Morgan fingerprint density at radius 3 is 2.52 bits per heavy atom. The van der Waals surface area contributed by atoms with Crippen LogP contribution in [-0.2, 0) is 0 Å². The Morgan fingerprint density at radius 1 is 0.957 bits per heavy atom. The van der Waals surface area contributed by atoms with Crippen molar-refractivity contribution in [1.29, 1.82) is 0 Å². The number of nitro groups is 1. The summed E-state index contributed by atoms with van der Waals surface area (Å²) in [5, 5.41) is 15.2. The number of fused-ring (bicyclic) bond motifs is 5. The van der Waals surface area contributed by atoms with Crippen molar-refractivity contribution in [3.05, 3.63) is 76.0 Å². The van der Waals surface area contributed by atoms with E-state index in [1.54, 1.807) is 6.08 Å². The van der Waals surface area contributed by atoms with Gasteiger partial charge in [0.2, 0.25) is 6.20 Å². The summed E-state index contributed by atoms with van der Waals surface area (Å²) < 4.78 is 0. The fourth-order valence-electron chi connectivity index (χ4n) is 3.19. The largest absolute Gasteiger partial charge is 0.354 e. The van der Waals surface area contributed by atoms with E-state index in [1.807, 2.05) is 31.2 Å². The van der Waals surface area contributed by atoms with E-state index >= 15 is 0 Å². The fourth-order valence-corrected chi connectivity index (χ4v) is 3.19. The van der Waals surface area contributed by atoms with Crippen LogP contribution in [0.4, 0.5) is 0 Å². The van der Waals surface area contributed by atoms with Gasteiger partial charge in [-0.15, -0.1) is 0 Å². The lowest BCUT2D eigenvalue weighted by molar-refractivity contribution is -0.400. The monoisotopic (exact) mass is 302 g/mol. The van der Waals surface area contributed by atoms with E-state index < -0.39 is 4.92 Å². The molecule has 0 fully saturated rings. The Bertz CT molecular complexity index is 1110. The maximum atomic E-state index is 10.5. The highest BCUT2D eigenvalue weighted by molar-refractivity contribution is 6.17. The van der Waals surface area contributed by atoms with Crippen LogP contribution in [0.3, 0.4) is 0 Å². The zero-order valence-corrected chi connectivity index (χ0v) is 12.5. The van der Waals surface area contributed by atoms with E-state index in [0.29, 0.717) is 0 Å². The lowest BCUT2D eigenvalue weighted by Gasteiger charge is -2.01. The second-order valence-electron chi connectivity index (χ2n) is 5.64. The molecule has 0 saturated carbocycles. The Morgan fingerprint density at radius 2 is 1.70 bits per heavy atom. The van der Waals surface area contributed by atoms with Crippen molar-refractivity contribution >= 4 is 38.7 Å². The van der Waals surface area contributed by atoms with Crippen LogP contribution >= 0.6 is 0 Å². The number of aromatic amines is 1. The van der Waals surface area contributed by atoms with Gasteiger partial charge in [0.25, 0.3) is 0 Å². The molecule has 0 bridgehead atoms. The third kappa shape index (κ3) is 2.07. The Hall–Kier alpha value is -3.14. The van der Waals surface area contributed by atoms with Crippen LogP contribution in [-0.4, -0.2) is 9.91 Å². The summed E-state index contributed by atoms with van der Waals surface area (Å²) >= 11 is 0. The number of nitrogens with zero attached hydrogens (tertiary/aromatic N) is 1. The third-order valence-corrected chi connectivity index (χ3v) is 4.35. The number of hydrogen-bond acceptors (Lipinski definition) is 2. The van der Waals surface area contributed by atoms with Crippen LogP contribution in [0.25, 0.3) is 38.7 Å². The lowest BCUT2D eigenvalue weighted by Crippen LogP contribution is -1.86. The molecule has 4 aromatic rings. The summed E-state index contributed by atoms with van der Waals surface area (Å²) in [5.74, 6) is 0. The molecular formula is C19H14N2O2. The maximum absolute atomic E-state index is 10.5. The number of H-pyrrole nitrogens is 1. The molecule has 4 heteroatoms. The maximum Gasteiger partial charge on any atom is 0.235 e. The molecule has 23 heavy (non-hydrogen) atoms. The predicted octanol–water partition coefficient (Wildman–Crippen LogP) is 5.03. The molecule has 3 aromatic carbocycles. The standard InChI is InChI=1S/C19H14N2O2/c1-12-13(10-11-21(22)23)6-8-16-17-9-7-14-4-2-3-5-15(14)19(17)20-18(12)16/h2-11,20H,1H3/b11-10+. The minimum Gasteiger partial charge on any atom is -0.354 e. The van der Waals surface area contributed by atoms with Crippen LogP contribution in [0.2, 0.25) is 0 Å². The van der Waals surface area contributed by atoms with E-state index in [1.165, 1.54) is 16.2 Å². The molecule has 0 aliphatic carbocycles. The van der Waals surface area contributed by atoms with Crippen LogP contribution < -0.4 is 0 Å². The van der Waals surface area contributed by atoms with Gasteiger partial charge in [-0.3, -0.25) is 10.1 Å². The molecule has 0 saturated heterocycles. The molecule has 1 aromatic heterocycles. The number of hydrogen-bond donors (Lipinski definition) is 1.